The lowest BCUT2D eigenvalue weighted by Gasteiger charge is -2.37. The van der Waals surface area contributed by atoms with E-state index in [1.54, 1.807) is 30.5 Å². The van der Waals surface area contributed by atoms with Crippen molar-refractivity contribution in [3.05, 3.63) is 36.0 Å². The lowest BCUT2D eigenvalue weighted by molar-refractivity contribution is 0.636. The normalized spacial score (nSPS) is 14.9. The highest BCUT2D eigenvalue weighted by atomic mass is 32.2. The number of hydrogen-bond donors (Lipinski definition) is 0. The summed E-state index contributed by atoms with van der Waals surface area (Å²) < 4.78 is 0. The Labute approximate surface area is 156 Å². The van der Waals surface area contributed by atoms with Gasteiger partial charge in [0.15, 0.2) is 5.16 Å². The second-order valence-corrected chi connectivity index (χ2v) is 7.08. The molecule has 1 fully saturated rings. The zero-order valence-electron chi connectivity index (χ0n) is 15.2. The molecule has 4 rings (SSSR count). The van der Waals surface area contributed by atoms with E-state index in [-0.39, 0.29) is 0 Å². The average Bonchev–Trinajstić information content (AvgIpc) is 2.69. The first kappa shape index (κ1) is 17.0. The maximum absolute atomic E-state index is 4.75. The number of anilines is 2. The fraction of sp³-hybridized carbons (Fsp3) is 0.389. The van der Waals surface area contributed by atoms with Crippen LogP contribution in [0.25, 0.3) is 10.9 Å². The van der Waals surface area contributed by atoms with Crippen molar-refractivity contribution in [2.75, 3.05) is 42.2 Å². The molecule has 0 spiro atoms. The molecule has 26 heavy (non-hydrogen) atoms. The molecule has 0 unspecified atom stereocenters. The van der Waals surface area contributed by atoms with Crippen molar-refractivity contribution in [1.29, 1.82) is 0 Å². The molecule has 0 radical (unpaired) electrons. The SMILES string of the molecule is CSc1nc(C)c(C)c(N2CCN(c3ncnc4cnccc34)CC2)n1. The number of aryl methyl sites for hydroxylation is 1. The van der Waals surface area contributed by atoms with Gasteiger partial charge >= 0.3 is 0 Å². The van der Waals surface area contributed by atoms with E-state index in [4.69, 9.17) is 4.98 Å². The molecule has 3 aromatic rings. The summed E-state index contributed by atoms with van der Waals surface area (Å²) in [5.74, 6) is 2.04. The Morgan fingerprint density at radius 3 is 2.42 bits per heavy atom. The van der Waals surface area contributed by atoms with Gasteiger partial charge in [-0.2, -0.15) is 0 Å². The molecule has 0 N–H and O–H groups in total. The number of hydrogen-bond acceptors (Lipinski definition) is 8. The second-order valence-electron chi connectivity index (χ2n) is 6.31. The molecule has 7 nitrogen and oxygen atoms in total. The van der Waals surface area contributed by atoms with E-state index < -0.39 is 0 Å². The summed E-state index contributed by atoms with van der Waals surface area (Å²) in [6.07, 6.45) is 7.21. The Bertz CT molecular complexity index is 933. The zero-order chi connectivity index (χ0) is 18.1. The third kappa shape index (κ3) is 3.05. The number of thioether (sulfide) groups is 1. The third-order valence-electron chi connectivity index (χ3n) is 4.82. The topological polar surface area (TPSA) is 70.9 Å². The first-order chi connectivity index (χ1) is 12.7. The van der Waals surface area contributed by atoms with Gasteiger partial charge in [0.2, 0.25) is 0 Å². The van der Waals surface area contributed by atoms with Crippen LogP contribution in [0.1, 0.15) is 11.3 Å². The molecule has 8 heteroatoms. The number of nitrogens with zero attached hydrogens (tertiary/aromatic N) is 7. The van der Waals surface area contributed by atoms with Crippen LogP contribution in [0.15, 0.2) is 29.9 Å². The van der Waals surface area contributed by atoms with Gasteiger partial charge in [-0.05, 0) is 26.2 Å². The average molecular weight is 367 g/mol. The first-order valence-corrected chi connectivity index (χ1v) is 9.83. The smallest absolute Gasteiger partial charge is 0.189 e. The molecule has 0 bridgehead atoms. The van der Waals surface area contributed by atoms with Crippen LogP contribution in [-0.2, 0) is 0 Å². The van der Waals surface area contributed by atoms with Crippen LogP contribution in [0.2, 0.25) is 0 Å². The minimum absolute atomic E-state index is 0.833. The molecular weight excluding hydrogens is 346 g/mol. The standard InChI is InChI=1S/C18H21N7S/c1-12-13(2)22-18(26-3)23-16(12)24-6-8-25(9-7-24)17-14-4-5-19-10-15(14)20-11-21-17/h4-5,10-11H,6-9H2,1-3H3. The van der Waals surface area contributed by atoms with E-state index in [0.29, 0.717) is 0 Å². The van der Waals surface area contributed by atoms with Crippen LogP contribution < -0.4 is 9.80 Å². The van der Waals surface area contributed by atoms with Crippen LogP contribution >= 0.6 is 11.8 Å². The minimum atomic E-state index is 0.833. The fourth-order valence-corrected chi connectivity index (χ4v) is 3.67. The largest absolute Gasteiger partial charge is 0.353 e. The predicted molar refractivity (Wildman–Crippen MR) is 105 cm³/mol. The van der Waals surface area contributed by atoms with Gasteiger partial charge in [-0.1, -0.05) is 11.8 Å². The van der Waals surface area contributed by atoms with Crippen molar-refractivity contribution < 1.29 is 0 Å². The van der Waals surface area contributed by atoms with Gasteiger partial charge < -0.3 is 9.80 Å². The van der Waals surface area contributed by atoms with Crippen molar-refractivity contribution in [2.24, 2.45) is 0 Å². The summed E-state index contributed by atoms with van der Waals surface area (Å²) in [5.41, 5.74) is 3.10. The van der Waals surface area contributed by atoms with Gasteiger partial charge in [-0.25, -0.2) is 19.9 Å². The maximum Gasteiger partial charge on any atom is 0.189 e. The molecular formula is C18H21N7S. The van der Waals surface area contributed by atoms with Crippen LogP contribution in [0, 0.1) is 13.8 Å². The summed E-state index contributed by atoms with van der Waals surface area (Å²) in [6, 6.07) is 1.99. The van der Waals surface area contributed by atoms with Gasteiger partial charge in [0.25, 0.3) is 0 Å². The molecule has 4 heterocycles. The summed E-state index contributed by atoms with van der Waals surface area (Å²) in [5, 5.41) is 1.88. The Hall–Kier alpha value is -2.48. The highest BCUT2D eigenvalue weighted by Crippen LogP contribution is 2.27. The molecule has 0 aliphatic carbocycles. The zero-order valence-corrected chi connectivity index (χ0v) is 16.0. The summed E-state index contributed by atoms with van der Waals surface area (Å²) in [4.78, 5) is 26.9. The summed E-state index contributed by atoms with van der Waals surface area (Å²) >= 11 is 1.59. The number of pyridine rings is 1. The summed E-state index contributed by atoms with van der Waals surface area (Å²) in [7, 11) is 0. The molecule has 134 valence electrons. The van der Waals surface area contributed by atoms with Crippen LogP contribution in [0.4, 0.5) is 11.6 Å². The van der Waals surface area contributed by atoms with Crippen molar-refractivity contribution in [3.63, 3.8) is 0 Å². The molecule has 3 aromatic heterocycles. The van der Waals surface area contributed by atoms with E-state index >= 15 is 0 Å². The number of rotatable bonds is 3. The van der Waals surface area contributed by atoms with Crippen LogP contribution in [0.5, 0.6) is 0 Å². The highest BCUT2D eigenvalue weighted by Gasteiger charge is 2.23. The van der Waals surface area contributed by atoms with Gasteiger partial charge in [-0.15, -0.1) is 0 Å². The lowest BCUT2D eigenvalue weighted by atomic mass is 10.2. The number of piperazine rings is 1. The quantitative estimate of drug-likeness (QED) is 0.516. The van der Waals surface area contributed by atoms with Gasteiger partial charge in [0, 0.05) is 49.0 Å². The van der Waals surface area contributed by atoms with E-state index in [2.05, 4.69) is 43.6 Å². The lowest BCUT2D eigenvalue weighted by Crippen LogP contribution is -2.47. The van der Waals surface area contributed by atoms with E-state index in [9.17, 15) is 0 Å². The van der Waals surface area contributed by atoms with Crippen LogP contribution in [0.3, 0.4) is 0 Å². The highest BCUT2D eigenvalue weighted by molar-refractivity contribution is 7.98. The Balaban J connectivity index is 1.57. The van der Waals surface area contributed by atoms with Crippen molar-refractivity contribution >= 4 is 34.3 Å². The molecule has 1 saturated heterocycles. The van der Waals surface area contributed by atoms with E-state index in [1.807, 2.05) is 12.3 Å². The Morgan fingerprint density at radius 1 is 0.962 bits per heavy atom. The monoisotopic (exact) mass is 367 g/mol. The first-order valence-electron chi connectivity index (χ1n) is 8.61. The predicted octanol–water partition coefficient (Wildman–Crippen LogP) is 2.48. The Kier molecular flexibility index (Phi) is 4.58. The van der Waals surface area contributed by atoms with Gasteiger partial charge in [-0.3, -0.25) is 4.98 Å². The molecule has 0 amide bonds. The molecule has 0 aromatic carbocycles. The van der Waals surface area contributed by atoms with Crippen molar-refractivity contribution in [1.82, 2.24) is 24.9 Å². The van der Waals surface area contributed by atoms with Crippen LogP contribution in [-0.4, -0.2) is 57.4 Å². The minimum Gasteiger partial charge on any atom is -0.353 e. The second kappa shape index (κ2) is 7.03. The number of fused-ring (bicyclic) bond motifs is 1. The van der Waals surface area contributed by atoms with E-state index in [0.717, 1.165) is 65.1 Å². The maximum atomic E-state index is 4.75. The van der Waals surface area contributed by atoms with Crippen molar-refractivity contribution in [2.45, 2.75) is 19.0 Å². The van der Waals surface area contributed by atoms with E-state index in [1.165, 1.54) is 0 Å². The number of aromatic nitrogens is 5. The Morgan fingerprint density at radius 2 is 1.69 bits per heavy atom. The third-order valence-corrected chi connectivity index (χ3v) is 5.37. The van der Waals surface area contributed by atoms with Crippen molar-refractivity contribution in [3.8, 4) is 0 Å². The fourth-order valence-electron chi connectivity index (χ4n) is 3.26. The molecule has 0 saturated carbocycles. The molecule has 1 aliphatic heterocycles. The molecule has 1 aliphatic rings. The summed E-state index contributed by atoms with van der Waals surface area (Å²) in [6.45, 7) is 7.75. The van der Waals surface area contributed by atoms with Gasteiger partial charge in [0.1, 0.15) is 18.0 Å². The molecule has 0 atom stereocenters. The van der Waals surface area contributed by atoms with Gasteiger partial charge in [0.05, 0.1) is 11.7 Å².